The Morgan fingerprint density at radius 3 is 2.67 bits per heavy atom. The van der Waals surface area contributed by atoms with E-state index in [4.69, 9.17) is 28.3 Å². The van der Waals surface area contributed by atoms with Gasteiger partial charge in [-0.2, -0.15) is 0 Å². The molecule has 0 bridgehead atoms. The zero-order chi connectivity index (χ0) is 17.0. The highest BCUT2D eigenvalue weighted by Crippen LogP contribution is 2.29. The first-order valence-corrected chi connectivity index (χ1v) is 8.75. The zero-order valence-corrected chi connectivity index (χ0v) is 16.4. The van der Waals surface area contributed by atoms with Gasteiger partial charge in [0.2, 0.25) is 0 Å². The summed E-state index contributed by atoms with van der Waals surface area (Å²) in [4.78, 5) is 15.3. The molecule has 1 aromatic carbocycles. The lowest BCUT2D eigenvalue weighted by molar-refractivity contribution is -0.138. The van der Waals surface area contributed by atoms with Crippen molar-refractivity contribution in [2.45, 2.75) is 38.3 Å². The Bertz CT molecular complexity index is 557. The summed E-state index contributed by atoms with van der Waals surface area (Å²) >= 11 is 12.1. The van der Waals surface area contributed by atoms with Crippen LogP contribution in [0.5, 0.6) is 0 Å². The number of rotatable bonds is 5. The number of carboxylic acids is 1. The molecule has 7 heteroatoms. The molecule has 0 saturated carbocycles. The van der Waals surface area contributed by atoms with Gasteiger partial charge < -0.3 is 5.11 Å². The molecule has 136 valence electrons. The summed E-state index contributed by atoms with van der Waals surface area (Å²) in [7, 11) is 1.90. The Morgan fingerprint density at radius 2 is 2.04 bits per heavy atom. The summed E-state index contributed by atoms with van der Waals surface area (Å²) in [6, 6.07) is 6.41. The van der Waals surface area contributed by atoms with Gasteiger partial charge in [-0.25, -0.2) is 0 Å². The minimum absolute atomic E-state index is 0. The maximum atomic E-state index is 10.9. The van der Waals surface area contributed by atoms with Gasteiger partial charge in [-0.05, 0) is 57.5 Å². The van der Waals surface area contributed by atoms with Gasteiger partial charge in [0.05, 0.1) is 16.6 Å². The predicted molar refractivity (Wildman–Crippen MR) is 102 cm³/mol. The van der Waals surface area contributed by atoms with E-state index in [2.05, 4.69) is 11.8 Å². The Hall–Kier alpha value is -0.520. The molecule has 1 aliphatic heterocycles. The number of nitrogens with zero attached hydrogens (tertiary/aromatic N) is 2. The number of carbonyl (C=O) groups is 1. The first-order chi connectivity index (χ1) is 10.9. The second-order valence-corrected chi connectivity index (χ2v) is 7.09. The molecule has 4 nitrogen and oxygen atoms in total. The van der Waals surface area contributed by atoms with Gasteiger partial charge in [0, 0.05) is 18.6 Å². The molecule has 0 radical (unpaired) electrons. The molecule has 1 N–H and O–H groups in total. The molecule has 1 saturated heterocycles. The monoisotopic (exact) mass is 394 g/mol. The van der Waals surface area contributed by atoms with Gasteiger partial charge in [-0.15, -0.1) is 12.4 Å². The third kappa shape index (κ3) is 5.78. The van der Waals surface area contributed by atoms with Crippen LogP contribution in [-0.2, 0) is 4.79 Å². The molecule has 24 heavy (non-hydrogen) atoms. The molecule has 2 atom stereocenters. The van der Waals surface area contributed by atoms with E-state index >= 15 is 0 Å². The second-order valence-electron chi connectivity index (χ2n) is 6.28. The molecule has 0 aliphatic carbocycles. The maximum Gasteiger partial charge on any atom is 0.317 e. The average Bonchev–Trinajstić information content (AvgIpc) is 2.74. The number of hydrogen-bond acceptors (Lipinski definition) is 3. The number of carboxylic acid groups (broad SMARTS) is 1. The first kappa shape index (κ1) is 21.5. The van der Waals surface area contributed by atoms with E-state index in [-0.39, 0.29) is 25.0 Å². The van der Waals surface area contributed by atoms with E-state index < -0.39 is 5.97 Å². The summed E-state index contributed by atoms with van der Waals surface area (Å²) in [6.07, 6.45) is 3.09. The highest BCUT2D eigenvalue weighted by Gasteiger charge is 2.24. The van der Waals surface area contributed by atoms with Crippen LogP contribution in [-0.4, -0.2) is 53.6 Å². The number of likely N-dealkylation sites (tertiary alicyclic amines) is 1. The lowest BCUT2D eigenvalue weighted by atomic mass is 10.1. The quantitative estimate of drug-likeness (QED) is 0.805. The zero-order valence-electron chi connectivity index (χ0n) is 14.0. The standard InChI is InChI=1S/C17H24Cl2N2O2.ClH/c1-12(13-5-6-15(18)16(19)10-13)21-8-3-4-14(7-9-21)20(2)11-17(22)23;/h5-6,10,12,14H,3-4,7-9,11H2,1-2H3,(H,22,23);1H. The van der Waals surface area contributed by atoms with Crippen LogP contribution in [0.3, 0.4) is 0 Å². The number of benzene rings is 1. The fourth-order valence-corrected chi connectivity index (χ4v) is 3.56. The molecular weight excluding hydrogens is 371 g/mol. The molecule has 1 heterocycles. The van der Waals surface area contributed by atoms with Gasteiger partial charge in [0.25, 0.3) is 0 Å². The SMILES string of the molecule is CC(c1ccc(Cl)c(Cl)c1)N1CCCC(N(C)CC(=O)O)CC1.Cl. The number of likely N-dealkylation sites (N-methyl/N-ethyl adjacent to an activating group) is 1. The second kappa shape index (κ2) is 9.83. The maximum absolute atomic E-state index is 10.9. The van der Waals surface area contributed by atoms with Crippen LogP contribution in [0.1, 0.15) is 37.8 Å². The highest BCUT2D eigenvalue weighted by atomic mass is 35.5. The van der Waals surface area contributed by atoms with Crippen LogP contribution in [0.4, 0.5) is 0 Å². The molecular formula is C17H25Cl3N2O2. The summed E-state index contributed by atoms with van der Waals surface area (Å²) < 4.78 is 0. The summed E-state index contributed by atoms with van der Waals surface area (Å²) in [5.74, 6) is -0.766. The average molecular weight is 396 g/mol. The molecule has 0 aromatic heterocycles. The van der Waals surface area contributed by atoms with E-state index in [1.807, 2.05) is 30.1 Å². The van der Waals surface area contributed by atoms with Crippen molar-refractivity contribution in [3.63, 3.8) is 0 Å². The van der Waals surface area contributed by atoms with Crippen molar-refractivity contribution in [3.8, 4) is 0 Å². The van der Waals surface area contributed by atoms with Crippen molar-refractivity contribution in [2.24, 2.45) is 0 Å². The van der Waals surface area contributed by atoms with Crippen LogP contribution < -0.4 is 0 Å². The fraction of sp³-hybridized carbons (Fsp3) is 0.588. The van der Waals surface area contributed by atoms with E-state index in [0.29, 0.717) is 16.1 Å². The Morgan fingerprint density at radius 1 is 1.33 bits per heavy atom. The predicted octanol–water partition coefficient (Wildman–Crippen LogP) is 4.35. The first-order valence-electron chi connectivity index (χ1n) is 7.99. The molecule has 1 aromatic rings. The number of aliphatic carboxylic acids is 1. The van der Waals surface area contributed by atoms with Crippen LogP contribution in [0.2, 0.25) is 10.0 Å². The lowest BCUT2D eigenvalue weighted by Gasteiger charge is -2.29. The smallest absolute Gasteiger partial charge is 0.317 e. The van der Waals surface area contributed by atoms with Gasteiger partial charge in [0.1, 0.15) is 0 Å². The van der Waals surface area contributed by atoms with E-state index in [0.717, 1.165) is 37.9 Å². The van der Waals surface area contributed by atoms with Crippen LogP contribution in [0, 0.1) is 0 Å². The number of hydrogen-bond donors (Lipinski definition) is 1. The third-order valence-electron chi connectivity index (χ3n) is 4.71. The molecule has 2 rings (SSSR count). The van der Waals surface area contributed by atoms with Crippen LogP contribution >= 0.6 is 35.6 Å². The van der Waals surface area contributed by atoms with Gasteiger partial charge >= 0.3 is 5.97 Å². The van der Waals surface area contributed by atoms with Crippen molar-refractivity contribution >= 4 is 41.6 Å². The molecule has 0 amide bonds. The largest absolute Gasteiger partial charge is 0.480 e. The van der Waals surface area contributed by atoms with Crippen molar-refractivity contribution < 1.29 is 9.90 Å². The number of halogens is 3. The van der Waals surface area contributed by atoms with Crippen molar-refractivity contribution in [2.75, 3.05) is 26.7 Å². The Kier molecular flexibility index (Phi) is 8.82. The van der Waals surface area contributed by atoms with E-state index in [1.165, 1.54) is 0 Å². The Balaban J connectivity index is 0.00000288. The van der Waals surface area contributed by atoms with Crippen LogP contribution in [0.15, 0.2) is 18.2 Å². The van der Waals surface area contributed by atoms with Gasteiger partial charge in [0.15, 0.2) is 0 Å². The van der Waals surface area contributed by atoms with Gasteiger partial charge in [-0.1, -0.05) is 29.3 Å². The molecule has 0 spiro atoms. The van der Waals surface area contributed by atoms with Crippen molar-refractivity contribution in [1.82, 2.24) is 9.80 Å². The Labute approximate surface area is 160 Å². The lowest BCUT2D eigenvalue weighted by Crippen LogP contribution is -2.36. The topological polar surface area (TPSA) is 43.8 Å². The third-order valence-corrected chi connectivity index (χ3v) is 5.45. The molecule has 2 unspecified atom stereocenters. The van der Waals surface area contributed by atoms with Gasteiger partial charge in [-0.3, -0.25) is 14.6 Å². The van der Waals surface area contributed by atoms with Crippen LogP contribution in [0.25, 0.3) is 0 Å². The molecule has 1 fully saturated rings. The highest BCUT2D eigenvalue weighted by molar-refractivity contribution is 6.42. The molecule has 1 aliphatic rings. The summed E-state index contributed by atoms with van der Waals surface area (Å²) in [5, 5.41) is 10.1. The minimum Gasteiger partial charge on any atom is -0.480 e. The summed E-state index contributed by atoms with van der Waals surface area (Å²) in [6.45, 7) is 4.25. The van der Waals surface area contributed by atoms with Crippen molar-refractivity contribution in [1.29, 1.82) is 0 Å². The normalized spacial score (nSPS) is 20.3. The minimum atomic E-state index is -0.766. The van der Waals surface area contributed by atoms with Crippen molar-refractivity contribution in [3.05, 3.63) is 33.8 Å². The van der Waals surface area contributed by atoms with E-state index in [9.17, 15) is 4.79 Å². The summed E-state index contributed by atoms with van der Waals surface area (Å²) in [5.41, 5.74) is 1.16. The fourth-order valence-electron chi connectivity index (χ4n) is 3.25. The van der Waals surface area contributed by atoms with E-state index in [1.54, 1.807) is 0 Å².